The molecule has 1 atom stereocenters. The van der Waals surface area contributed by atoms with E-state index >= 15 is 0 Å². The van der Waals surface area contributed by atoms with E-state index < -0.39 is 0 Å². The molecule has 0 bridgehead atoms. The van der Waals surface area contributed by atoms with Crippen LogP contribution in [0, 0.1) is 0 Å². The van der Waals surface area contributed by atoms with Gasteiger partial charge in [0.15, 0.2) is 0 Å². The predicted molar refractivity (Wildman–Crippen MR) is 73.8 cm³/mol. The van der Waals surface area contributed by atoms with Crippen molar-refractivity contribution in [3.63, 3.8) is 0 Å². The van der Waals surface area contributed by atoms with Gasteiger partial charge in [0.25, 0.3) is 0 Å². The van der Waals surface area contributed by atoms with Gasteiger partial charge in [-0.15, -0.1) is 12.4 Å². The number of aliphatic hydroxyl groups is 1. The number of benzene rings is 1. The highest BCUT2D eigenvalue weighted by Gasteiger charge is 2.12. The van der Waals surface area contributed by atoms with E-state index in [4.69, 9.17) is 10.8 Å². The van der Waals surface area contributed by atoms with E-state index in [0.717, 1.165) is 5.56 Å². The van der Waals surface area contributed by atoms with Crippen LogP contribution in [0.5, 0.6) is 0 Å². The second-order valence-electron chi connectivity index (χ2n) is 4.40. The van der Waals surface area contributed by atoms with Crippen LogP contribution in [0.3, 0.4) is 0 Å². The number of rotatable bonds is 4. The molecular weight excluding hydrogens is 236 g/mol. The molecule has 2 rings (SSSR count). The maximum atomic E-state index is 8.84. The van der Waals surface area contributed by atoms with Crippen molar-refractivity contribution >= 4 is 18.1 Å². The van der Waals surface area contributed by atoms with E-state index in [9.17, 15) is 0 Å². The van der Waals surface area contributed by atoms with Crippen LogP contribution < -0.4 is 10.6 Å². The summed E-state index contributed by atoms with van der Waals surface area (Å²) in [6.07, 6.45) is 3.22. The zero-order valence-corrected chi connectivity index (χ0v) is 10.8. The fourth-order valence-electron chi connectivity index (χ4n) is 2.21. The Morgan fingerprint density at radius 1 is 1.18 bits per heavy atom. The van der Waals surface area contributed by atoms with Gasteiger partial charge >= 0.3 is 0 Å². The molecule has 1 aliphatic rings. The summed E-state index contributed by atoms with van der Waals surface area (Å²) >= 11 is 0. The first-order valence-electron chi connectivity index (χ1n) is 6.02. The molecule has 4 heteroatoms. The molecule has 0 radical (unpaired) electrons. The Labute approximate surface area is 109 Å². The maximum absolute atomic E-state index is 8.84. The van der Waals surface area contributed by atoms with Gasteiger partial charge in [0.05, 0.1) is 0 Å². The van der Waals surface area contributed by atoms with Crippen LogP contribution in [0.2, 0.25) is 0 Å². The highest BCUT2D eigenvalue weighted by Crippen LogP contribution is 2.22. The summed E-state index contributed by atoms with van der Waals surface area (Å²) in [4.78, 5) is 2.40. The monoisotopic (exact) mass is 256 g/mol. The number of halogens is 1. The molecule has 17 heavy (non-hydrogen) atoms. The molecule has 96 valence electrons. The van der Waals surface area contributed by atoms with Gasteiger partial charge in [0.1, 0.15) is 0 Å². The average molecular weight is 257 g/mol. The molecule has 1 unspecified atom stereocenters. The number of hydrogen-bond donors (Lipinski definition) is 2. The SMILES string of the molecule is Cl.NC(CCO)c1ccc(N2CCCC2)cc1. The fraction of sp³-hybridized carbons (Fsp3) is 0.538. The largest absolute Gasteiger partial charge is 0.396 e. The van der Waals surface area contributed by atoms with Gasteiger partial charge in [0.2, 0.25) is 0 Å². The molecule has 3 N–H and O–H groups in total. The van der Waals surface area contributed by atoms with Crippen LogP contribution >= 0.6 is 12.4 Å². The fourth-order valence-corrected chi connectivity index (χ4v) is 2.21. The van der Waals surface area contributed by atoms with Gasteiger partial charge < -0.3 is 15.7 Å². The molecule has 0 aliphatic carbocycles. The van der Waals surface area contributed by atoms with Gasteiger partial charge in [-0.05, 0) is 37.0 Å². The zero-order valence-electron chi connectivity index (χ0n) is 10.0. The molecule has 0 saturated carbocycles. The highest BCUT2D eigenvalue weighted by atomic mass is 35.5. The van der Waals surface area contributed by atoms with E-state index in [2.05, 4.69) is 29.2 Å². The van der Waals surface area contributed by atoms with Gasteiger partial charge in [-0.25, -0.2) is 0 Å². The lowest BCUT2D eigenvalue weighted by atomic mass is 10.0. The summed E-state index contributed by atoms with van der Waals surface area (Å²) in [6, 6.07) is 8.38. The molecule has 1 aliphatic heterocycles. The van der Waals surface area contributed by atoms with Crippen molar-refractivity contribution in [3.8, 4) is 0 Å². The van der Waals surface area contributed by atoms with E-state index in [1.807, 2.05) is 0 Å². The van der Waals surface area contributed by atoms with Gasteiger partial charge in [-0.1, -0.05) is 12.1 Å². The summed E-state index contributed by atoms with van der Waals surface area (Å²) in [5, 5.41) is 8.84. The first kappa shape index (κ1) is 14.3. The molecule has 0 aromatic heterocycles. The normalized spacial score (nSPS) is 16.7. The third-order valence-electron chi connectivity index (χ3n) is 3.23. The summed E-state index contributed by atoms with van der Waals surface area (Å²) in [6.45, 7) is 2.49. The molecule has 3 nitrogen and oxygen atoms in total. The topological polar surface area (TPSA) is 49.5 Å². The Bertz CT molecular complexity index is 323. The predicted octanol–water partition coefficient (Wildman–Crippen LogP) is 2.09. The van der Waals surface area contributed by atoms with E-state index in [1.54, 1.807) is 0 Å². The molecule has 1 aromatic carbocycles. The highest BCUT2D eigenvalue weighted by molar-refractivity contribution is 5.85. The minimum absolute atomic E-state index is 0. The maximum Gasteiger partial charge on any atom is 0.0449 e. The quantitative estimate of drug-likeness (QED) is 0.867. The summed E-state index contributed by atoms with van der Waals surface area (Å²) in [5.41, 5.74) is 8.33. The lowest BCUT2D eigenvalue weighted by Crippen LogP contribution is -2.18. The Morgan fingerprint density at radius 2 is 1.76 bits per heavy atom. The third-order valence-corrected chi connectivity index (χ3v) is 3.23. The summed E-state index contributed by atoms with van der Waals surface area (Å²) < 4.78 is 0. The van der Waals surface area contributed by atoms with Crippen molar-refractivity contribution in [1.29, 1.82) is 0 Å². The Balaban J connectivity index is 0.00000144. The van der Waals surface area contributed by atoms with Crippen LogP contribution in [-0.2, 0) is 0 Å². The van der Waals surface area contributed by atoms with E-state index in [0.29, 0.717) is 6.42 Å². The zero-order chi connectivity index (χ0) is 11.4. The summed E-state index contributed by atoms with van der Waals surface area (Å²) in [7, 11) is 0. The summed E-state index contributed by atoms with van der Waals surface area (Å²) in [5.74, 6) is 0. The van der Waals surface area contributed by atoms with Crippen molar-refractivity contribution in [2.75, 3.05) is 24.6 Å². The molecule has 1 heterocycles. The Hall–Kier alpha value is -0.770. The number of aliphatic hydroxyl groups excluding tert-OH is 1. The number of nitrogens with two attached hydrogens (primary N) is 1. The lowest BCUT2D eigenvalue weighted by Gasteiger charge is -2.18. The van der Waals surface area contributed by atoms with Gasteiger partial charge in [-0.2, -0.15) is 0 Å². The first-order valence-corrected chi connectivity index (χ1v) is 6.02. The van der Waals surface area contributed by atoms with Crippen LogP contribution in [-0.4, -0.2) is 24.8 Å². The number of anilines is 1. The molecule has 1 saturated heterocycles. The van der Waals surface area contributed by atoms with Crippen molar-refractivity contribution in [2.24, 2.45) is 5.73 Å². The van der Waals surface area contributed by atoms with E-state index in [1.165, 1.54) is 31.6 Å². The lowest BCUT2D eigenvalue weighted by molar-refractivity contribution is 0.276. The van der Waals surface area contributed by atoms with Crippen LogP contribution in [0.1, 0.15) is 30.9 Å². The van der Waals surface area contributed by atoms with Crippen molar-refractivity contribution < 1.29 is 5.11 Å². The molecule has 0 spiro atoms. The van der Waals surface area contributed by atoms with Crippen LogP contribution in [0.25, 0.3) is 0 Å². The Morgan fingerprint density at radius 3 is 2.29 bits per heavy atom. The minimum Gasteiger partial charge on any atom is -0.396 e. The second-order valence-corrected chi connectivity index (χ2v) is 4.40. The average Bonchev–Trinajstić information content (AvgIpc) is 2.83. The molecule has 1 aromatic rings. The van der Waals surface area contributed by atoms with Gasteiger partial charge in [-0.3, -0.25) is 0 Å². The number of nitrogens with zero attached hydrogens (tertiary/aromatic N) is 1. The van der Waals surface area contributed by atoms with Crippen molar-refractivity contribution in [3.05, 3.63) is 29.8 Å². The first-order chi connectivity index (χ1) is 7.81. The van der Waals surface area contributed by atoms with Crippen LogP contribution in [0.4, 0.5) is 5.69 Å². The van der Waals surface area contributed by atoms with Gasteiger partial charge in [0, 0.05) is 31.4 Å². The standard InChI is InChI=1S/C13H20N2O.ClH/c14-13(7-10-16)11-3-5-12(6-4-11)15-8-1-2-9-15;/h3-6,13,16H,1-2,7-10,14H2;1H. The second kappa shape index (κ2) is 6.84. The van der Waals surface area contributed by atoms with Crippen molar-refractivity contribution in [1.82, 2.24) is 0 Å². The molecule has 1 fully saturated rings. The third kappa shape index (κ3) is 3.60. The van der Waals surface area contributed by atoms with Crippen LogP contribution in [0.15, 0.2) is 24.3 Å². The minimum atomic E-state index is -0.0439. The molecule has 0 amide bonds. The molecular formula is C13H21ClN2O. The van der Waals surface area contributed by atoms with Crippen molar-refractivity contribution in [2.45, 2.75) is 25.3 Å². The Kier molecular flexibility index (Phi) is 5.75. The number of hydrogen-bond acceptors (Lipinski definition) is 3. The smallest absolute Gasteiger partial charge is 0.0449 e. The van der Waals surface area contributed by atoms with E-state index in [-0.39, 0.29) is 25.1 Å².